The highest BCUT2D eigenvalue weighted by Crippen LogP contribution is 2.51. The zero-order valence-electron chi connectivity index (χ0n) is 13.9. The van der Waals surface area contributed by atoms with Crippen molar-refractivity contribution in [1.82, 2.24) is 15.2 Å². The zero-order chi connectivity index (χ0) is 16.0. The Morgan fingerprint density at radius 2 is 1.83 bits per heavy atom. The van der Waals surface area contributed by atoms with Gasteiger partial charge in [0, 0.05) is 48.7 Å². The molecule has 1 heterocycles. The second-order valence-corrected chi connectivity index (χ2v) is 7.41. The molecule has 130 valence electrons. The van der Waals surface area contributed by atoms with Gasteiger partial charge in [0.2, 0.25) is 0 Å². The number of halogens is 1. The number of nitrogens with zero attached hydrogens (tertiary/aromatic N) is 2. The van der Waals surface area contributed by atoms with Crippen molar-refractivity contribution in [3.63, 3.8) is 0 Å². The van der Waals surface area contributed by atoms with E-state index in [2.05, 4.69) is 62.9 Å². The summed E-state index contributed by atoms with van der Waals surface area (Å²) in [4.78, 5) is 5.67. The maximum absolute atomic E-state index is 4.32. The van der Waals surface area contributed by atoms with Crippen LogP contribution in [0.4, 0.5) is 0 Å². The molecule has 0 spiro atoms. The predicted octanol–water partition coefficient (Wildman–Crippen LogP) is 3.60. The minimum absolute atomic E-state index is 0. The fourth-order valence-electron chi connectivity index (χ4n) is 2.48. The predicted molar refractivity (Wildman–Crippen MR) is 113 cm³/mol. The van der Waals surface area contributed by atoms with Crippen LogP contribution in [-0.4, -0.2) is 35.4 Å². The minimum atomic E-state index is 0. The van der Waals surface area contributed by atoms with Crippen LogP contribution in [0.25, 0.3) is 0 Å². The summed E-state index contributed by atoms with van der Waals surface area (Å²) in [6, 6.07) is 14.7. The highest BCUT2D eigenvalue weighted by atomic mass is 127. The molecule has 1 aromatic carbocycles. The lowest BCUT2D eigenvalue weighted by Crippen LogP contribution is -2.42. The normalized spacial score (nSPS) is 15.5. The number of aromatic nitrogens is 1. The van der Waals surface area contributed by atoms with Gasteiger partial charge in [-0.15, -0.1) is 35.7 Å². The highest BCUT2D eigenvalue weighted by Gasteiger charge is 2.43. The summed E-state index contributed by atoms with van der Waals surface area (Å²) >= 11 is 1.98. The number of hydrogen-bond donors (Lipinski definition) is 2. The van der Waals surface area contributed by atoms with Crippen LogP contribution in [-0.2, 0) is 6.54 Å². The van der Waals surface area contributed by atoms with Gasteiger partial charge in [-0.3, -0.25) is 4.99 Å². The van der Waals surface area contributed by atoms with Crippen molar-refractivity contribution < 1.29 is 0 Å². The maximum atomic E-state index is 4.32. The fourth-order valence-corrected chi connectivity index (χ4v) is 3.72. The van der Waals surface area contributed by atoms with Crippen LogP contribution in [0.5, 0.6) is 0 Å². The molecule has 24 heavy (non-hydrogen) atoms. The van der Waals surface area contributed by atoms with E-state index in [-0.39, 0.29) is 24.0 Å². The van der Waals surface area contributed by atoms with Crippen LogP contribution in [0.2, 0.25) is 0 Å². The van der Waals surface area contributed by atoms with Crippen LogP contribution in [0, 0.1) is 0 Å². The van der Waals surface area contributed by atoms with Crippen LogP contribution >= 0.6 is 35.7 Å². The Morgan fingerprint density at radius 1 is 1.12 bits per heavy atom. The standard InChI is InChI=1S/C18H24N4S.HI/c1-19-17(20-11-14-22-12-5-6-13-22)21-15-18(9-10-18)23-16-7-3-2-4-8-16;/h2-8,12-13H,9-11,14-15H2,1H3,(H2,19,20,21);1H. The lowest BCUT2D eigenvalue weighted by molar-refractivity contribution is 0.662. The quantitative estimate of drug-likeness (QED) is 0.380. The Morgan fingerprint density at radius 3 is 2.46 bits per heavy atom. The van der Waals surface area contributed by atoms with Crippen LogP contribution < -0.4 is 10.6 Å². The van der Waals surface area contributed by atoms with Gasteiger partial charge in [0.05, 0.1) is 0 Å². The van der Waals surface area contributed by atoms with Gasteiger partial charge in [0.1, 0.15) is 0 Å². The van der Waals surface area contributed by atoms with E-state index >= 15 is 0 Å². The van der Waals surface area contributed by atoms with Gasteiger partial charge in [-0.2, -0.15) is 0 Å². The molecule has 2 aromatic rings. The molecule has 0 aliphatic heterocycles. The molecule has 4 nitrogen and oxygen atoms in total. The van der Waals surface area contributed by atoms with E-state index in [1.807, 2.05) is 30.9 Å². The first-order valence-corrected chi connectivity index (χ1v) is 8.91. The lowest BCUT2D eigenvalue weighted by Gasteiger charge is -2.18. The van der Waals surface area contributed by atoms with E-state index in [0.717, 1.165) is 25.6 Å². The van der Waals surface area contributed by atoms with E-state index in [4.69, 9.17) is 0 Å². The molecule has 0 saturated heterocycles. The van der Waals surface area contributed by atoms with E-state index in [0.29, 0.717) is 4.75 Å². The number of hydrogen-bond acceptors (Lipinski definition) is 2. The molecule has 6 heteroatoms. The second-order valence-electron chi connectivity index (χ2n) is 5.87. The molecule has 1 fully saturated rings. The van der Waals surface area contributed by atoms with Gasteiger partial charge >= 0.3 is 0 Å². The largest absolute Gasteiger partial charge is 0.355 e. The summed E-state index contributed by atoms with van der Waals surface area (Å²) in [5.74, 6) is 0.886. The van der Waals surface area contributed by atoms with Crippen LogP contribution in [0.3, 0.4) is 0 Å². The van der Waals surface area contributed by atoms with Crippen molar-refractivity contribution in [3.05, 3.63) is 54.9 Å². The average Bonchev–Trinajstić information content (AvgIpc) is 3.14. The summed E-state index contributed by atoms with van der Waals surface area (Å²) in [7, 11) is 1.83. The summed E-state index contributed by atoms with van der Waals surface area (Å²) < 4.78 is 2.49. The van der Waals surface area contributed by atoms with E-state index in [1.165, 1.54) is 17.7 Å². The lowest BCUT2D eigenvalue weighted by atomic mass is 10.4. The van der Waals surface area contributed by atoms with Crippen molar-refractivity contribution in [3.8, 4) is 0 Å². The van der Waals surface area contributed by atoms with Crippen molar-refractivity contribution >= 4 is 41.7 Å². The third kappa shape index (κ3) is 5.73. The molecule has 0 bridgehead atoms. The molecule has 0 amide bonds. The van der Waals surface area contributed by atoms with Gasteiger partial charge in [0.15, 0.2) is 5.96 Å². The minimum Gasteiger partial charge on any atom is -0.355 e. The number of nitrogens with one attached hydrogen (secondary N) is 2. The Hall–Kier alpha value is -1.15. The zero-order valence-corrected chi connectivity index (χ0v) is 17.1. The van der Waals surface area contributed by atoms with Crippen LogP contribution in [0.1, 0.15) is 12.8 Å². The maximum Gasteiger partial charge on any atom is 0.191 e. The number of rotatable bonds is 7. The molecule has 3 rings (SSSR count). The second kappa shape index (κ2) is 9.36. The van der Waals surface area contributed by atoms with Crippen molar-refractivity contribution in [2.45, 2.75) is 29.0 Å². The summed E-state index contributed by atoms with van der Waals surface area (Å²) in [6.07, 6.45) is 6.68. The Kier molecular flexibility index (Phi) is 7.48. The number of guanidine groups is 1. The average molecular weight is 456 g/mol. The highest BCUT2D eigenvalue weighted by molar-refractivity contribution is 14.0. The molecule has 2 N–H and O–H groups in total. The van der Waals surface area contributed by atoms with Crippen molar-refractivity contribution in [2.75, 3.05) is 20.1 Å². The molecule has 0 radical (unpaired) electrons. The molecule has 1 aromatic heterocycles. The third-order valence-electron chi connectivity index (χ3n) is 4.02. The fraction of sp³-hybridized carbons (Fsp3) is 0.389. The molecule has 0 atom stereocenters. The van der Waals surface area contributed by atoms with Crippen molar-refractivity contribution in [2.24, 2.45) is 4.99 Å². The monoisotopic (exact) mass is 456 g/mol. The number of aliphatic imine (C=N–C) groups is 1. The SMILES string of the molecule is CN=C(NCCn1cccc1)NCC1(Sc2ccccc2)CC1.I. The summed E-state index contributed by atoms with van der Waals surface area (Å²) in [5.41, 5.74) is 0. The topological polar surface area (TPSA) is 41.4 Å². The number of thioether (sulfide) groups is 1. The first-order chi connectivity index (χ1) is 11.3. The van der Waals surface area contributed by atoms with Gasteiger partial charge in [-0.05, 0) is 37.1 Å². The van der Waals surface area contributed by atoms with E-state index in [1.54, 1.807) is 0 Å². The Labute approximate surface area is 165 Å². The van der Waals surface area contributed by atoms with Gasteiger partial charge in [0.25, 0.3) is 0 Å². The molecule has 0 unspecified atom stereocenters. The van der Waals surface area contributed by atoms with E-state index in [9.17, 15) is 0 Å². The summed E-state index contributed by atoms with van der Waals surface area (Å²) in [5, 5.41) is 6.86. The van der Waals surface area contributed by atoms with Gasteiger partial charge < -0.3 is 15.2 Å². The molecule has 1 saturated carbocycles. The van der Waals surface area contributed by atoms with Crippen LogP contribution in [0.15, 0.2) is 64.7 Å². The van der Waals surface area contributed by atoms with E-state index < -0.39 is 0 Å². The Balaban J connectivity index is 0.00000208. The first kappa shape index (κ1) is 19.2. The molecular formula is C18H25IN4S. The van der Waals surface area contributed by atoms with Gasteiger partial charge in [-0.25, -0.2) is 0 Å². The molecular weight excluding hydrogens is 431 g/mol. The first-order valence-electron chi connectivity index (χ1n) is 8.09. The number of benzene rings is 1. The smallest absolute Gasteiger partial charge is 0.191 e. The van der Waals surface area contributed by atoms with Gasteiger partial charge in [-0.1, -0.05) is 18.2 Å². The molecule has 1 aliphatic rings. The summed E-state index contributed by atoms with van der Waals surface area (Å²) in [6.45, 7) is 2.76. The Bertz CT molecular complexity index is 624. The molecule has 1 aliphatic carbocycles. The third-order valence-corrected chi connectivity index (χ3v) is 5.51. The van der Waals surface area contributed by atoms with Crippen molar-refractivity contribution in [1.29, 1.82) is 0 Å².